The Hall–Kier alpha value is -0.710. The molecule has 0 heterocycles. The molecule has 0 fully saturated rings. The number of aliphatic hydroxyl groups excluding tert-OH is 1. The Morgan fingerprint density at radius 3 is 2.68 bits per heavy atom. The average molecular weight is 283 g/mol. The maximum Gasteiger partial charge on any atom is 0.119 e. The molecule has 0 amide bonds. The summed E-state index contributed by atoms with van der Waals surface area (Å²) in [5.41, 5.74) is 1.20. The number of hydrogen-bond donors (Lipinski definition) is 2. The lowest BCUT2D eigenvalue weighted by Crippen LogP contribution is -2.38. The fraction of sp³-hybridized carbons (Fsp3) is 0.600. The number of benzene rings is 1. The van der Waals surface area contributed by atoms with E-state index in [1.54, 1.807) is 11.8 Å². The lowest BCUT2D eigenvalue weighted by molar-refractivity contribution is 0.271. The standard InChI is InChI=1S/C15H25NO2S/c1-5-18-14-8-6-7-13(9-14)11(2)16-12(3)15(10-17)19-4/h6-9,11-12,15-17H,5,10H2,1-4H3. The first kappa shape index (κ1) is 16.3. The number of rotatable bonds is 8. The lowest BCUT2D eigenvalue weighted by Gasteiger charge is -2.25. The van der Waals surface area contributed by atoms with Crippen molar-refractivity contribution in [3.63, 3.8) is 0 Å². The fourth-order valence-corrected chi connectivity index (χ4v) is 2.71. The van der Waals surface area contributed by atoms with Crippen LogP contribution < -0.4 is 10.1 Å². The third-order valence-electron chi connectivity index (χ3n) is 3.22. The van der Waals surface area contributed by atoms with Gasteiger partial charge in [0.25, 0.3) is 0 Å². The van der Waals surface area contributed by atoms with E-state index in [1.807, 2.05) is 25.3 Å². The van der Waals surface area contributed by atoms with Crippen molar-refractivity contribution in [2.45, 2.75) is 38.1 Å². The van der Waals surface area contributed by atoms with Crippen LogP contribution in [0, 0.1) is 0 Å². The first-order chi connectivity index (χ1) is 9.12. The molecule has 0 saturated heterocycles. The Labute approximate surface area is 120 Å². The van der Waals surface area contributed by atoms with Crippen molar-refractivity contribution in [1.29, 1.82) is 0 Å². The summed E-state index contributed by atoms with van der Waals surface area (Å²) < 4.78 is 5.52. The van der Waals surface area contributed by atoms with Crippen molar-refractivity contribution in [3.05, 3.63) is 29.8 Å². The average Bonchev–Trinajstić information content (AvgIpc) is 2.40. The minimum absolute atomic E-state index is 0.195. The molecule has 0 aliphatic carbocycles. The largest absolute Gasteiger partial charge is 0.494 e. The van der Waals surface area contributed by atoms with Crippen LogP contribution in [0.25, 0.3) is 0 Å². The maximum atomic E-state index is 9.31. The van der Waals surface area contributed by atoms with Gasteiger partial charge in [0.1, 0.15) is 5.75 Å². The molecule has 1 aromatic rings. The Kier molecular flexibility index (Phi) is 7.28. The summed E-state index contributed by atoms with van der Waals surface area (Å²) >= 11 is 1.69. The van der Waals surface area contributed by atoms with Crippen molar-refractivity contribution in [1.82, 2.24) is 5.32 Å². The third-order valence-corrected chi connectivity index (χ3v) is 4.39. The topological polar surface area (TPSA) is 41.5 Å². The molecular weight excluding hydrogens is 258 g/mol. The zero-order chi connectivity index (χ0) is 14.3. The van der Waals surface area contributed by atoms with Gasteiger partial charge in [0, 0.05) is 17.3 Å². The number of thioether (sulfide) groups is 1. The van der Waals surface area contributed by atoms with Crippen molar-refractivity contribution in [2.75, 3.05) is 19.5 Å². The molecule has 0 saturated carbocycles. The summed E-state index contributed by atoms with van der Waals surface area (Å²) in [6.45, 7) is 7.11. The molecule has 1 aromatic carbocycles. The predicted molar refractivity (Wildman–Crippen MR) is 83.0 cm³/mol. The minimum atomic E-state index is 0.195. The highest BCUT2D eigenvalue weighted by molar-refractivity contribution is 7.99. The summed E-state index contributed by atoms with van der Waals surface area (Å²) in [6, 6.07) is 8.64. The van der Waals surface area contributed by atoms with Crippen LogP contribution in [0.15, 0.2) is 24.3 Å². The summed E-state index contributed by atoms with van der Waals surface area (Å²) in [7, 11) is 0. The summed E-state index contributed by atoms with van der Waals surface area (Å²) in [5, 5.41) is 13.1. The Bertz CT molecular complexity index is 369. The molecule has 3 nitrogen and oxygen atoms in total. The third kappa shape index (κ3) is 5.05. The van der Waals surface area contributed by atoms with Gasteiger partial charge < -0.3 is 15.2 Å². The van der Waals surface area contributed by atoms with Gasteiger partial charge in [-0.3, -0.25) is 0 Å². The molecule has 0 aromatic heterocycles. The molecule has 4 heteroatoms. The maximum absolute atomic E-state index is 9.31. The summed E-state index contributed by atoms with van der Waals surface area (Å²) in [4.78, 5) is 0. The van der Waals surface area contributed by atoms with Crippen LogP contribution in [0.2, 0.25) is 0 Å². The van der Waals surface area contributed by atoms with Crippen molar-refractivity contribution < 1.29 is 9.84 Å². The first-order valence-corrected chi connectivity index (χ1v) is 8.03. The minimum Gasteiger partial charge on any atom is -0.494 e. The van der Waals surface area contributed by atoms with E-state index >= 15 is 0 Å². The van der Waals surface area contributed by atoms with Crippen molar-refractivity contribution >= 4 is 11.8 Å². The Morgan fingerprint density at radius 1 is 1.37 bits per heavy atom. The Balaban J connectivity index is 2.66. The smallest absolute Gasteiger partial charge is 0.119 e. The van der Waals surface area contributed by atoms with Crippen LogP contribution in [0.5, 0.6) is 5.75 Å². The van der Waals surface area contributed by atoms with Crippen molar-refractivity contribution in [3.8, 4) is 5.75 Å². The molecule has 0 aliphatic rings. The van der Waals surface area contributed by atoms with E-state index in [4.69, 9.17) is 4.74 Å². The van der Waals surface area contributed by atoms with E-state index in [9.17, 15) is 5.11 Å². The van der Waals surface area contributed by atoms with E-state index in [-0.39, 0.29) is 23.9 Å². The normalized spacial score (nSPS) is 15.8. The van der Waals surface area contributed by atoms with Gasteiger partial charge in [-0.25, -0.2) is 0 Å². The van der Waals surface area contributed by atoms with Crippen LogP contribution in [0.3, 0.4) is 0 Å². The molecule has 19 heavy (non-hydrogen) atoms. The quantitative estimate of drug-likeness (QED) is 0.770. The van der Waals surface area contributed by atoms with Crippen LogP contribution in [-0.4, -0.2) is 35.9 Å². The van der Waals surface area contributed by atoms with Gasteiger partial charge in [0.15, 0.2) is 0 Å². The van der Waals surface area contributed by atoms with E-state index in [2.05, 4.69) is 31.3 Å². The molecule has 2 N–H and O–H groups in total. The highest BCUT2D eigenvalue weighted by Gasteiger charge is 2.17. The zero-order valence-electron chi connectivity index (χ0n) is 12.2. The highest BCUT2D eigenvalue weighted by Crippen LogP contribution is 2.21. The second-order valence-electron chi connectivity index (χ2n) is 4.64. The van der Waals surface area contributed by atoms with Gasteiger partial charge in [-0.15, -0.1) is 0 Å². The molecule has 1 rings (SSSR count). The predicted octanol–water partition coefficient (Wildman–Crippen LogP) is 2.85. The molecule has 3 atom stereocenters. The molecule has 108 valence electrons. The van der Waals surface area contributed by atoms with Crippen LogP contribution in [0.4, 0.5) is 0 Å². The van der Waals surface area contributed by atoms with Gasteiger partial charge in [-0.1, -0.05) is 12.1 Å². The van der Waals surface area contributed by atoms with Gasteiger partial charge in [-0.2, -0.15) is 11.8 Å². The molecular formula is C15H25NO2S. The van der Waals surface area contributed by atoms with E-state index in [0.29, 0.717) is 6.61 Å². The van der Waals surface area contributed by atoms with Gasteiger partial charge in [-0.05, 0) is 44.7 Å². The fourth-order valence-electron chi connectivity index (χ4n) is 2.07. The second kappa shape index (κ2) is 8.46. The highest BCUT2D eigenvalue weighted by atomic mass is 32.2. The van der Waals surface area contributed by atoms with E-state index in [1.165, 1.54) is 5.56 Å². The number of aliphatic hydroxyl groups is 1. The zero-order valence-corrected chi connectivity index (χ0v) is 13.0. The molecule has 0 bridgehead atoms. The Morgan fingerprint density at radius 2 is 2.11 bits per heavy atom. The lowest BCUT2D eigenvalue weighted by atomic mass is 10.1. The van der Waals surface area contributed by atoms with Gasteiger partial charge in [0.2, 0.25) is 0 Å². The van der Waals surface area contributed by atoms with Crippen LogP contribution >= 0.6 is 11.8 Å². The number of nitrogens with one attached hydrogen (secondary N) is 1. The monoisotopic (exact) mass is 283 g/mol. The summed E-state index contributed by atoms with van der Waals surface area (Å²) in [5.74, 6) is 0.907. The molecule has 0 aliphatic heterocycles. The molecule has 3 unspecified atom stereocenters. The van der Waals surface area contributed by atoms with Gasteiger partial charge >= 0.3 is 0 Å². The molecule has 0 radical (unpaired) electrons. The SMILES string of the molecule is CCOc1cccc(C(C)NC(C)C(CO)SC)c1. The van der Waals surface area contributed by atoms with Gasteiger partial charge in [0.05, 0.1) is 13.2 Å². The van der Waals surface area contributed by atoms with Crippen LogP contribution in [0.1, 0.15) is 32.4 Å². The van der Waals surface area contributed by atoms with Crippen LogP contribution in [-0.2, 0) is 0 Å². The second-order valence-corrected chi connectivity index (χ2v) is 5.72. The number of ether oxygens (including phenoxy) is 1. The van der Waals surface area contributed by atoms with E-state index in [0.717, 1.165) is 5.75 Å². The molecule has 0 spiro atoms. The number of hydrogen-bond acceptors (Lipinski definition) is 4. The van der Waals surface area contributed by atoms with Crippen molar-refractivity contribution in [2.24, 2.45) is 0 Å². The first-order valence-electron chi connectivity index (χ1n) is 6.74. The summed E-state index contributed by atoms with van der Waals surface area (Å²) in [6.07, 6.45) is 2.03. The van der Waals surface area contributed by atoms with E-state index < -0.39 is 0 Å².